The van der Waals surface area contributed by atoms with Gasteiger partial charge < -0.3 is 30.4 Å². The number of hydrogen-bond acceptors (Lipinski definition) is 8. The molecule has 0 atom stereocenters. The molecule has 0 spiro atoms. The lowest BCUT2D eigenvalue weighted by Gasteiger charge is -2.29. The molecule has 2 N–H and O–H groups in total. The van der Waals surface area contributed by atoms with Gasteiger partial charge in [-0.25, -0.2) is 0 Å². The van der Waals surface area contributed by atoms with Gasteiger partial charge in [-0.2, -0.15) is 0 Å². The van der Waals surface area contributed by atoms with Crippen LogP contribution in [0.15, 0.2) is 0 Å². The minimum absolute atomic E-state index is 0.140. The van der Waals surface area contributed by atoms with Crippen LogP contribution in [0.4, 0.5) is 0 Å². The Morgan fingerprint density at radius 3 is 1.50 bits per heavy atom. The summed E-state index contributed by atoms with van der Waals surface area (Å²) in [5.74, 6) is -2.24. The van der Waals surface area contributed by atoms with Gasteiger partial charge in [0.2, 0.25) is 0 Å². The van der Waals surface area contributed by atoms with Gasteiger partial charge in [-0.3, -0.25) is 9.80 Å². The second kappa shape index (κ2) is 9.65. The fourth-order valence-electron chi connectivity index (χ4n) is 2.09. The number of carbonyl (C=O) groups excluding carboxylic acids is 2. The van der Waals surface area contributed by atoms with Gasteiger partial charge in [-0.05, 0) is 0 Å². The highest BCUT2D eigenvalue weighted by atomic mass is 16.4. The Bertz CT molecular complexity index is 284. The Balaban J connectivity index is 2.52. The quantitative estimate of drug-likeness (QED) is 0.530. The fourth-order valence-corrected chi connectivity index (χ4v) is 2.09. The largest absolute Gasteiger partial charge is 0.549 e. The van der Waals surface area contributed by atoms with Gasteiger partial charge in [-0.1, -0.05) is 0 Å². The first-order chi connectivity index (χ1) is 9.58. The SMILES string of the molecule is O=C([O-])CN1CCNCCNCCN(CC(=O)[O-])CC1. The van der Waals surface area contributed by atoms with Crippen LogP contribution in [-0.2, 0) is 9.59 Å². The topological polar surface area (TPSA) is 111 Å². The van der Waals surface area contributed by atoms with Crippen LogP contribution in [0.3, 0.4) is 0 Å². The zero-order chi connectivity index (χ0) is 14.8. The van der Waals surface area contributed by atoms with Gasteiger partial charge in [0.15, 0.2) is 0 Å². The molecule has 1 saturated heterocycles. The van der Waals surface area contributed by atoms with E-state index in [1.165, 1.54) is 0 Å². The maximum absolute atomic E-state index is 10.7. The van der Waals surface area contributed by atoms with Crippen LogP contribution < -0.4 is 20.8 Å². The normalized spacial score (nSPS) is 20.8. The Morgan fingerprint density at radius 1 is 0.750 bits per heavy atom. The van der Waals surface area contributed by atoms with Crippen LogP contribution in [-0.4, -0.2) is 87.2 Å². The highest BCUT2D eigenvalue weighted by Gasteiger charge is 2.10. The van der Waals surface area contributed by atoms with Crippen molar-refractivity contribution in [2.24, 2.45) is 0 Å². The van der Waals surface area contributed by atoms with Crippen LogP contribution >= 0.6 is 0 Å². The summed E-state index contributed by atoms with van der Waals surface area (Å²) in [5.41, 5.74) is 0. The third kappa shape index (κ3) is 8.05. The smallest absolute Gasteiger partial charge is 0.0555 e. The van der Waals surface area contributed by atoms with E-state index in [1.807, 2.05) is 0 Å². The minimum atomic E-state index is -1.12. The van der Waals surface area contributed by atoms with E-state index in [0.717, 1.165) is 13.1 Å². The van der Waals surface area contributed by atoms with Gasteiger partial charge in [0.05, 0.1) is 11.9 Å². The molecule has 1 rings (SSSR count). The van der Waals surface area contributed by atoms with Crippen LogP contribution in [0.1, 0.15) is 0 Å². The lowest BCUT2D eigenvalue weighted by Crippen LogP contribution is -2.48. The van der Waals surface area contributed by atoms with E-state index in [2.05, 4.69) is 10.6 Å². The third-order valence-corrected chi connectivity index (χ3v) is 3.13. The van der Waals surface area contributed by atoms with E-state index in [0.29, 0.717) is 39.3 Å². The van der Waals surface area contributed by atoms with Crippen LogP contribution in [0.2, 0.25) is 0 Å². The summed E-state index contributed by atoms with van der Waals surface area (Å²) < 4.78 is 0. The average Bonchev–Trinajstić information content (AvgIpc) is 2.34. The molecule has 1 fully saturated rings. The van der Waals surface area contributed by atoms with Crippen molar-refractivity contribution in [2.45, 2.75) is 0 Å². The summed E-state index contributed by atoms with van der Waals surface area (Å²) in [4.78, 5) is 24.9. The Kier molecular flexibility index (Phi) is 8.12. The molecule has 116 valence electrons. The highest BCUT2D eigenvalue weighted by Crippen LogP contribution is 1.93. The molecule has 0 aliphatic carbocycles. The maximum atomic E-state index is 10.7. The number of carboxylic acids is 2. The Labute approximate surface area is 118 Å². The molecule has 20 heavy (non-hydrogen) atoms. The number of nitrogens with one attached hydrogen (secondary N) is 2. The first-order valence-corrected chi connectivity index (χ1v) is 6.84. The van der Waals surface area contributed by atoms with E-state index in [-0.39, 0.29) is 13.1 Å². The molecule has 0 aromatic heterocycles. The third-order valence-electron chi connectivity index (χ3n) is 3.13. The van der Waals surface area contributed by atoms with Crippen molar-refractivity contribution < 1.29 is 19.8 Å². The molecule has 1 aliphatic heterocycles. The first-order valence-electron chi connectivity index (χ1n) is 6.84. The van der Waals surface area contributed by atoms with E-state index in [9.17, 15) is 19.8 Å². The van der Waals surface area contributed by atoms with Crippen molar-refractivity contribution in [2.75, 3.05) is 65.4 Å². The summed E-state index contributed by atoms with van der Waals surface area (Å²) in [6.45, 7) is 4.84. The van der Waals surface area contributed by atoms with E-state index < -0.39 is 11.9 Å². The van der Waals surface area contributed by atoms with Crippen LogP contribution in [0, 0.1) is 0 Å². The first kappa shape index (κ1) is 16.8. The molecule has 0 amide bonds. The van der Waals surface area contributed by atoms with Crippen LogP contribution in [0.25, 0.3) is 0 Å². The molecule has 0 aromatic rings. The molecule has 1 aliphatic rings. The van der Waals surface area contributed by atoms with Crippen molar-refractivity contribution in [1.29, 1.82) is 0 Å². The van der Waals surface area contributed by atoms with Crippen molar-refractivity contribution in [3.8, 4) is 0 Å². The summed E-state index contributed by atoms with van der Waals surface area (Å²) >= 11 is 0. The number of hydrogen-bond donors (Lipinski definition) is 2. The van der Waals surface area contributed by atoms with E-state index >= 15 is 0 Å². The zero-order valence-electron chi connectivity index (χ0n) is 11.6. The van der Waals surface area contributed by atoms with E-state index in [4.69, 9.17) is 0 Å². The van der Waals surface area contributed by atoms with Gasteiger partial charge in [0, 0.05) is 65.4 Å². The zero-order valence-corrected chi connectivity index (χ0v) is 11.6. The Hall–Kier alpha value is -1.22. The number of nitrogens with zero attached hydrogens (tertiary/aromatic N) is 2. The molecule has 8 heteroatoms. The summed E-state index contributed by atoms with van der Waals surface area (Å²) in [5, 5.41) is 27.8. The minimum Gasteiger partial charge on any atom is -0.549 e. The average molecular weight is 286 g/mol. The summed E-state index contributed by atoms with van der Waals surface area (Å²) in [6.07, 6.45) is 0. The highest BCUT2D eigenvalue weighted by molar-refractivity contribution is 5.67. The maximum Gasteiger partial charge on any atom is 0.0555 e. The van der Waals surface area contributed by atoms with Crippen molar-refractivity contribution in [3.63, 3.8) is 0 Å². The molecular formula is C12H22N4O4-2. The molecule has 0 saturated carbocycles. The number of carbonyl (C=O) groups is 2. The summed E-state index contributed by atoms with van der Waals surface area (Å²) in [6, 6.07) is 0. The molecule has 0 aromatic carbocycles. The van der Waals surface area contributed by atoms with E-state index in [1.54, 1.807) is 9.80 Å². The number of rotatable bonds is 4. The van der Waals surface area contributed by atoms with Gasteiger partial charge in [0.25, 0.3) is 0 Å². The standard InChI is InChI=1S/C12H24N4O4/c17-11(18)9-15-5-3-13-1-2-14-4-6-16(8-7-15)10-12(19)20/h13-14H,1-10H2,(H,17,18)(H,19,20)/p-2. The molecule has 8 nitrogen and oxygen atoms in total. The fraction of sp³-hybridized carbons (Fsp3) is 0.833. The molecular weight excluding hydrogens is 264 g/mol. The molecule has 1 heterocycles. The van der Waals surface area contributed by atoms with Gasteiger partial charge in [-0.15, -0.1) is 0 Å². The van der Waals surface area contributed by atoms with Crippen molar-refractivity contribution in [1.82, 2.24) is 20.4 Å². The lowest BCUT2D eigenvalue weighted by atomic mass is 10.3. The predicted octanol–water partition coefficient (Wildman–Crippen LogP) is -4.72. The molecule has 0 bridgehead atoms. The monoisotopic (exact) mass is 286 g/mol. The van der Waals surface area contributed by atoms with Gasteiger partial charge >= 0.3 is 0 Å². The summed E-state index contributed by atoms with van der Waals surface area (Å²) in [7, 11) is 0. The second-order valence-electron chi connectivity index (χ2n) is 4.80. The molecule has 0 radical (unpaired) electrons. The number of carboxylic acid groups (broad SMARTS) is 2. The lowest BCUT2D eigenvalue weighted by molar-refractivity contribution is -0.308. The second-order valence-corrected chi connectivity index (χ2v) is 4.80. The molecule has 0 unspecified atom stereocenters. The Morgan fingerprint density at radius 2 is 1.15 bits per heavy atom. The van der Waals surface area contributed by atoms with Crippen molar-refractivity contribution >= 4 is 11.9 Å². The number of aliphatic carboxylic acids is 2. The van der Waals surface area contributed by atoms with Gasteiger partial charge in [0.1, 0.15) is 0 Å². The van der Waals surface area contributed by atoms with Crippen LogP contribution in [0.5, 0.6) is 0 Å². The van der Waals surface area contributed by atoms with Crippen molar-refractivity contribution in [3.05, 3.63) is 0 Å². The predicted molar refractivity (Wildman–Crippen MR) is 68.6 cm³/mol.